The zero-order valence-electron chi connectivity index (χ0n) is 12.4. The fourth-order valence-corrected chi connectivity index (χ4v) is 3.51. The summed E-state index contributed by atoms with van der Waals surface area (Å²) in [5.41, 5.74) is 8.62. The zero-order chi connectivity index (χ0) is 15.6. The van der Waals surface area contributed by atoms with Crippen LogP contribution < -0.4 is 5.73 Å². The van der Waals surface area contributed by atoms with Gasteiger partial charge in [0, 0.05) is 18.3 Å². The van der Waals surface area contributed by atoms with Gasteiger partial charge in [0.1, 0.15) is 0 Å². The first-order chi connectivity index (χ1) is 9.88. The van der Waals surface area contributed by atoms with Crippen molar-refractivity contribution in [1.82, 2.24) is 4.90 Å². The number of anilines is 1. The highest BCUT2D eigenvalue weighted by molar-refractivity contribution is 9.11. The van der Waals surface area contributed by atoms with Gasteiger partial charge in [-0.25, -0.2) is 0 Å². The second-order valence-corrected chi connectivity index (χ2v) is 7.71. The lowest BCUT2D eigenvalue weighted by molar-refractivity contribution is 0.0695. The van der Waals surface area contributed by atoms with Gasteiger partial charge in [0.25, 0.3) is 5.91 Å². The lowest BCUT2D eigenvalue weighted by Gasteiger charge is -2.26. The van der Waals surface area contributed by atoms with Crippen LogP contribution in [0.15, 0.2) is 34.1 Å². The van der Waals surface area contributed by atoms with E-state index in [4.69, 9.17) is 5.73 Å². The van der Waals surface area contributed by atoms with E-state index in [1.54, 1.807) is 0 Å². The molecule has 1 amide bonds. The van der Waals surface area contributed by atoms with E-state index in [9.17, 15) is 4.79 Å². The van der Waals surface area contributed by atoms with Crippen LogP contribution in [0, 0.1) is 6.92 Å². The summed E-state index contributed by atoms with van der Waals surface area (Å²) in [7, 11) is 0. The fraction of sp³-hybridized carbons (Fsp3) is 0.312. The van der Waals surface area contributed by atoms with Crippen LogP contribution in [0.2, 0.25) is 0 Å². The normalized spacial score (nSPS) is 10.9. The molecule has 2 rings (SSSR count). The molecule has 0 atom stereocenters. The van der Waals surface area contributed by atoms with Gasteiger partial charge < -0.3 is 10.6 Å². The zero-order valence-corrected chi connectivity index (χ0v) is 14.8. The summed E-state index contributed by atoms with van der Waals surface area (Å²) >= 11 is 4.97. The standard InChI is InChI=1S/C16H19BrN2OS/c1-10(2)19(9-12-4-6-13(18)7-5-12)16(20)14-8-11(3)15(17)21-14/h4-8,10H,9,18H2,1-3H3. The quantitative estimate of drug-likeness (QED) is 0.812. The monoisotopic (exact) mass is 366 g/mol. The molecule has 0 saturated carbocycles. The van der Waals surface area contributed by atoms with Crippen molar-refractivity contribution in [3.05, 3.63) is 50.1 Å². The third kappa shape index (κ3) is 3.86. The van der Waals surface area contributed by atoms with Gasteiger partial charge in [0.15, 0.2) is 0 Å². The van der Waals surface area contributed by atoms with E-state index in [1.807, 2.05) is 56.0 Å². The number of nitrogens with two attached hydrogens (primary N) is 1. The molecule has 0 spiro atoms. The van der Waals surface area contributed by atoms with Crippen LogP contribution in [-0.4, -0.2) is 16.8 Å². The maximum Gasteiger partial charge on any atom is 0.264 e. The third-order valence-electron chi connectivity index (χ3n) is 3.28. The number of amides is 1. The van der Waals surface area contributed by atoms with Crippen molar-refractivity contribution in [1.29, 1.82) is 0 Å². The second kappa shape index (κ2) is 6.62. The molecule has 21 heavy (non-hydrogen) atoms. The topological polar surface area (TPSA) is 46.3 Å². The van der Waals surface area contributed by atoms with Crippen LogP contribution in [0.5, 0.6) is 0 Å². The second-order valence-electron chi connectivity index (χ2n) is 5.34. The molecule has 2 aromatic rings. The molecule has 1 aromatic heterocycles. The van der Waals surface area contributed by atoms with Crippen molar-refractivity contribution in [2.75, 3.05) is 5.73 Å². The molecule has 0 radical (unpaired) electrons. The summed E-state index contributed by atoms with van der Waals surface area (Å²) in [6.07, 6.45) is 0. The van der Waals surface area contributed by atoms with Crippen LogP contribution in [0.4, 0.5) is 5.69 Å². The molecule has 1 aromatic carbocycles. The molecule has 5 heteroatoms. The minimum atomic E-state index is 0.0700. The molecule has 1 heterocycles. The van der Waals surface area contributed by atoms with Crippen molar-refractivity contribution in [3.8, 4) is 0 Å². The summed E-state index contributed by atoms with van der Waals surface area (Å²) in [6, 6.07) is 9.74. The van der Waals surface area contributed by atoms with Crippen LogP contribution in [0.25, 0.3) is 0 Å². The first-order valence-electron chi connectivity index (χ1n) is 6.80. The van der Waals surface area contributed by atoms with E-state index in [0.717, 1.165) is 25.5 Å². The highest BCUT2D eigenvalue weighted by Gasteiger charge is 2.21. The third-order valence-corrected chi connectivity index (χ3v) is 5.41. The Bertz CT molecular complexity index is 615. The summed E-state index contributed by atoms with van der Waals surface area (Å²) in [5, 5.41) is 0. The number of benzene rings is 1. The number of carbonyl (C=O) groups is 1. The molecule has 0 aliphatic carbocycles. The van der Waals surface area contributed by atoms with Crippen molar-refractivity contribution < 1.29 is 4.79 Å². The molecular weight excluding hydrogens is 348 g/mol. The molecule has 112 valence electrons. The Morgan fingerprint density at radius 2 is 1.95 bits per heavy atom. The summed E-state index contributed by atoms with van der Waals surface area (Å²) in [4.78, 5) is 15.4. The number of nitrogens with zero attached hydrogens (tertiary/aromatic N) is 1. The number of hydrogen-bond donors (Lipinski definition) is 1. The predicted molar refractivity (Wildman–Crippen MR) is 92.6 cm³/mol. The molecule has 2 N–H and O–H groups in total. The van der Waals surface area contributed by atoms with Crippen molar-refractivity contribution in [2.45, 2.75) is 33.4 Å². The Kier molecular flexibility index (Phi) is 5.06. The van der Waals surface area contributed by atoms with E-state index < -0.39 is 0 Å². The smallest absolute Gasteiger partial charge is 0.264 e. The summed E-state index contributed by atoms with van der Waals surface area (Å²) < 4.78 is 1.02. The lowest BCUT2D eigenvalue weighted by atomic mass is 10.1. The number of thiophene rings is 1. The predicted octanol–water partition coefficient (Wildman–Crippen LogP) is 4.45. The molecule has 0 saturated heterocycles. The largest absolute Gasteiger partial charge is 0.399 e. The van der Waals surface area contributed by atoms with E-state index >= 15 is 0 Å². The van der Waals surface area contributed by atoms with E-state index in [1.165, 1.54) is 11.3 Å². The average molecular weight is 367 g/mol. The SMILES string of the molecule is Cc1cc(C(=O)N(Cc2ccc(N)cc2)C(C)C)sc1Br. The van der Waals surface area contributed by atoms with Gasteiger partial charge in [0.2, 0.25) is 0 Å². The molecular formula is C16H19BrN2OS. The lowest BCUT2D eigenvalue weighted by Crippen LogP contribution is -2.35. The molecule has 0 unspecified atom stereocenters. The van der Waals surface area contributed by atoms with Gasteiger partial charge in [-0.2, -0.15) is 0 Å². The highest BCUT2D eigenvalue weighted by atomic mass is 79.9. The van der Waals surface area contributed by atoms with Gasteiger partial charge >= 0.3 is 0 Å². The van der Waals surface area contributed by atoms with Crippen molar-refractivity contribution in [2.24, 2.45) is 0 Å². The van der Waals surface area contributed by atoms with Crippen molar-refractivity contribution >= 4 is 38.9 Å². The minimum absolute atomic E-state index is 0.0700. The van der Waals surface area contributed by atoms with Crippen LogP contribution >= 0.6 is 27.3 Å². The van der Waals surface area contributed by atoms with E-state index in [0.29, 0.717) is 6.54 Å². The Hall–Kier alpha value is -1.33. The molecule has 3 nitrogen and oxygen atoms in total. The number of carbonyl (C=O) groups excluding carboxylic acids is 1. The van der Waals surface area contributed by atoms with E-state index in [-0.39, 0.29) is 11.9 Å². The summed E-state index contributed by atoms with van der Waals surface area (Å²) in [5.74, 6) is 0.0700. The number of aryl methyl sites for hydroxylation is 1. The molecule has 0 aliphatic rings. The first kappa shape index (κ1) is 16.0. The van der Waals surface area contributed by atoms with E-state index in [2.05, 4.69) is 15.9 Å². The molecule has 0 aliphatic heterocycles. The van der Waals surface area contributed by atoms with Gasteiger partial charge in [-0.15, -0.1) is 11.3 Å². The maximum absolute atomic E-state index is 12.7. The Morgan fingerprint density at radius 1 is 1.33 bits per heavy atom. The maximum atomic E-state index is 12.7. The Labute approximate surface area is 137 Å². The van der Waals surface area contributed by atoms with Crippen LogP contribution in [0.1, 0.15) is 34.6 Å². The number of hydrogen-bond acceptors (Lipinski definition) is 3. The van der Waals surface area contributed by atoms with Gasteiger partial charge in [0.05, 0.1) is 8.66 Å². The average Bonchev–Trinajstić information content (AvgIpc) is 2.77. The molecule has 0 bridgehead atoms. The van der Waals surface area contributed by atoms with Crippen LogP contribution in [0.3, 0.4) is 0 Å². The van der Waals surface area contributed by atoms with Gasteiger partial charge in [-0.3, -0.25) is 4.79 Å². The number of nitrogen functional groups attached to an aromatic ring is 1. The highest BCUT2D eigenvalue weighted by Crippen LogP contribution is 2.29. The van der Waals surface area contributed by atoms with Gasteiger partial charge in [-0.05, 0) is 66.0 Å². The van der Waals surface area contributed by atoms with Crippen LogP contribution in [-0.2, 0) is 6.54 Å². The molecule has 0 fully saturated rings. The Morgan fingerprint density at radius 3 is 2.43 bits per heavy atom. The Balaban J connectivity index is 2.22. The minimum Gasteiger partial charge on any atom is -0.399 e. The first-order valence-corrected chi connectivity index (χ1v) is 8.40. The van der Waals surface area contributed by atoms with Crippen molar-refractivity contribution in [3.63, 3.8) is 0 Å². The van der Waals surface area contributed by atoms with Gasteiger partial charge in [-0.1, -0.05) is 12.1 Å². The fourth-order valence-electron chi connectivity index (χ4n) is 2.02. The number of halogens is 1. The number of rotatable bonds is 4. The summed E-state index contributed by atoms with van der Waals surface area (Å²) in [6.45, 7) is 6.65.